The molecule has 1 aliphatic rings. The van der Waals surface area contributed by atoms with Crippen molar-refractivity contribution in [2.75, 3.05) is 11.9 Å². The molecule has 0 unspecified atom stereocenters. The monoisotopic (exact) mass is 630 g/mol. The van der Waals surface area contributed by atoms with Crippen LogP contribution in [-0.2, 0) is 23.1 Å². The number of hydrogen-bond acceptors (Lipinski definition) is 7. The smallest absolute Gasteiger partial charge is 0.259 e. The maximum absolute atomic E-state index is 15.6. The van der Waals surface area contributed by atoms with Crippen LogP contribution in [0.25, 0.3) is 28.2 Å². The molecule has 1 aliphatic heterocycles. The lowest BCUT2D eigenvalue weighted by atomic mass is 10.0. The number of hydrogen-bond donors (Lipinski definition) is 1. The molecular formula is C30H21F3N8O3S. The summed E-state index contributed by atoms with van der Waals surface area (Å²) in [6.07, 6.45) is 2.86. The summed E-state index contributed by atoms with van der Waals surface area (Å²) in [5.41, 5.74) is 2.29. The topological polar surface area (TPSA) is 127 Å². The molecule has 0 fully saturated rings. The molecule has 0 saturated heterocycles. The highest BCUT2D eigenvalue weighted by Gasteiger charge is 2.33. The summed E-state index contributed by atoms with van der Waals surface area (Å²) in [4.78, 5) is 20.5. The Labute approximate surface area is 253 Å². The molecule has 5 heterocycles. The molecule has 45 heavy (non-hydrogen) atoms. The SMILES string of the molecule is O=C(Nc1nc2ccc(-c3c(-c4ccc(F)cc4)nn4c3CN(S(=O)(=O)c3cccc(F)c3)CC4)nn2c1F)c1ccncc1. The summed E-state index contributed by atoms with van der Waals surface area (Å²) in [5.74, 6) is -3.02. The number of anilines is 1. The number of carbonyl (C=O) groups excluding carboxylic acids is 1. The first kappa shape index (κ1) is 28.4. The standard InChI is InChI=1S/C30H21F3N8O3S/c31-20-6-4-18(5-7-20)27-26(24-17-39(14-15-40(24)38-27)45(43,44)22-3-1-2-21(32)16-22)23-8-9-25-35-29(28(33)41(25)37-23)36-30(42)19-10-12-34-13-11-19/h1-13,16H,14-15,17H2,(H,36,42). The van der Waals surface area contributed by atoms with E-state index in [0.717, 1.165) is 16.6 Å². The predicted octanol–water partition coefficient (Wildman–Crippen LogP) is 4.53. The summed E-state index contributed by atoms with van der Waals surface area (Å²) in [6.45, 7) is 0.0612. The van der Waals surface area contributed by atoms with Gasteiger partial charge in [0.25, 0.3) is 11.9 Å². The molecule has 0 radical (unpaired) electrons. The minimum atomic E-state index is -4.10. The molecule has 0 spiro atoms. The lowest BCUT2D eigenvalue weighted by molar-refractivity contribution is 0.102. The highest BCUT2D eigenvalue weighted by molar-refractivity contribution is 7.89. The Bertz CT molecular complexity index is 2200. The molecule has 4 aromatic heterocycles. The van der Waals surface area contributed by atoms with E-state index in [1.807, 2.05) is 0 Å². The third-order valence-corrected chi connectivity index (χ3v) is 9.19. The molecule has 1 N–H and O–H groups in total. The first-order valence-electron chi connectivity index (χ1n) is 13.6. The molecule has 0 aliphatic carbocycles. The number of imidazole rings is 1. The molecular weight excluding hydrogens is 609 g/mol. The van der Waals surface area contributed by atoms with Crippen LogP contribution in [-0.4, -0.2) is 54.5 Å². The molecule has 6 aromatic rings. The number of sulfonamides is 1. The van der Waals surface area contributed by atoms with E-state index >= 15 is 4.39 Å². The van der Waals surface area contributed by atoms with Crippen LogP contribution in [0, 0.1) is 17.6 Å². The van der Waals surface area contributed by atoms with Gasteiger partial charge in [0.15, 0.2) is 11.5 Å². The van der Waals surface area contributed by atoms with Crippen molar-refractivity contribution in [2.24, 2.45) is 0 Å². The number of aromatic nitrogens is 6. The van der Waals surface area contributed by atoms with Gasteiger partial charge in [0, 0.05) is 30.1 Å². The van der Waals surface area contributed by atoms with Gasteiger partial charge in [-0.3, -0.25) is 14.5 Å². The van der Waals surface area contributed by atoms with Gasteiger partial charge in [0.1, 0.15) is 17.3 Å². The van der Waals surface area contributed by atoms with Gasteiger partial charge in [0.05, 0.1) is 34.9 Å². The molecule has 0 saturated carbocycles. The van der Waals surface area contributed by atoms with E-state index in [1.165, 1.54) is 71.3 Å². The zero-order valence-corrected chi connectivity index (χ0v) is 23.9. The Morgan fingerprint density at radius 3 is 2.40 bits per heavy atom. The van der Waals surface area contributed by atoms with Gasteiger partial charge >= 0.3 is 0 Å². The van der Waals surface area contributed by atoms with E-state index < -0.39 is 33.5 Å². The number of benzene rings is 2. The van der Waals surface area contributed by atoms with Crippen molar-refractivity contribution in [3.05, 3.63) is 114 Å². The van der Waals surface area contributed by atoms with Crippen molar-refractivity contribution >= 4 is 27.4 Å². The van der Waals surface area contributed by atoms with Crippen LogP contribution in [0.4, 0.5) is 19.0 Å². The first-order chi connectivity index (χ1) is 21.7. The van der Waals surface area contributed by atoms with Gasteiger partial charge in [-0.25, -0.2) is 22.2 Å². The number of carbonyl (C=O) groups is 1. The normalized spacial score (nSPS) is 13.6. The molecule has 226 valence electrons. The largest absolute Gasteiger partial charge is 0.303 e. The van der Waals surface area contributed by atoms with Crippen molar-refractivity contribution in [3.8, 4) is 22.5 Å². The Hall–Kier alpha value is -5.41. The Balaban J connectivity index is 1.32. The molecule has 0 bridgehead atoms. The number of amides is 1. The van der Waals surface area contributed by atoms with Crippen LogP contribution in [0.5, 0.6) is 0 Å². The number of nitrogens with one attached hydrogen (secondary N) is 1. The minimum absolute atomic E-state index is 0.0545. The van der Waals surface area contributed by atoms with Gasteiger partial charge in [-0.05, 0) is 66.7 Å². The highest BCUT2D eigenvalue weighted by Crippen LogP contribution is 2.37. The highest BCUT2D eigenvalue weighted by atomic mass is 32.2. The predicted molar refractivity (Wildman–Crippen MR) is 156 cm³/mol. The summed E-state index contributed by atoms with van der Waals surface area (Å²) in [7, 11) is -4.10. The van der Waals surface area contributed by atoms with Gasteiger partial charge < -0.3 is 5.32 Å². The van der Waals surface area contributed by atoms with Crippen LogP contribution >= 0.6 is 0 Å². The number of pyridine rings is 1. The van der Waals surface area contributed by atoms with Crippen molar-refractivity contribution < 1.29 is 26.4 Å². The van der Waals surface area contributed by atoms with Gasteiger partial charge in [-0.2, -0.15) is 23.4 Å². The first-order valence-corrected chi connectivity index (χ1v) is 15.0. The van der Waals surface area contributed by atoms with E-state index in [-0.39, 0.29) is 47.3 Å². The molecule has 1 amide bonds. The molecule has 15 heteroatoms. The van der Waals surface area contributed by atoms with Crippen LogP contribution in [0.2, 0.25) is 0 Å². The maximum Gasteiger partial charge on any atom is 0.259 e. The zero-order chi connectivity index (χ0) is 31.3. The van der Waals surface area contributed by atoms with Crippen molar-refractivity contribution in [1.29, 1.82) is 0 Å². The van der Waals surface area contributed by atoms with E-state index in [2.05, 4.69) is 20.4 Å². The van der Waals surface area contributed by atoms with Crippen LogP contribution in [0.1, 0.15) is 16.1 Å². The quantitative estimate of drug-likeness (QED) is 0.287. The van der Waals surface area contributed by atoms with Gasteiger partial charge in [-0.15, -0.1) is 0 Å². The van der Waals surface area contributed by atoms with Crippen molar-refractivity contribution in [2.45, 2.75) is 18.0 Å². The van der Waals surface area contributed by atoms with Crippen LogP contribution in [0.15, 0.2) is 90.1 Å². The second-order valence-corrected chi connectivity index (χ2v) is 12.1. The Morgan fingerprint density at radius 2 is 1.64 bits per heavy atom. The van der Waals surface area contributed by atoms with E-state index in [1.54, 1.807) is 10.7 Å². The summed E-state index contributed by atoms with van der Waals surface area (Å²) in [5, 5.41) is 11.6. The van der Waals surface area contributed by atoms with E-state index in [9.17, 15) is 22.0 Å². The average Bonchev–Trinajstić information content (AvgIpc) is 3.58. The van der Waals surface area contributed by atoms with Gasteiger partial charge in [-0.1, -0.05) is 6.07 Å². The number of nitrogens with zero attached hydrogens (tertiary/aromatic N) is 7. The van der Waals surface area contributed by atoms with E-state index in [0.29, 0.717) is 22.5 Å². The fourth-order valence-corrected chi connectivity index (χ4v) is 6.58. The third kappa shape index (κ3) is 5.11. The maximum atomic E-state index is 15.6. The molecule has 11 nitrogen and oxygen atoms in total. The summed E-state index contributed by atoms with van der Waals surface area (Å²) in [6, 6.07) is 16.3. The number of halogens is 3. The fourth-order valence-electron chi connectivity index (χ4n) is 5.16. The lowest BCUT2D eigenvalue weighted by Gasteiger charge is -2.27. The van der Waals surface area contributed by atoms with Crippen LogP contribution < -0.4 is 5.32 Å². The number of fused-ring (bicyclic) bond motifs is 2. The minimum Gasteiger partial charge on any atom is -0.303 e. The summed E-state index contributed by atoms with van der Waals surface area (Å²) < 4.78 is 74.1. The van der Waals surface area contributed by atoms with Crippen molar-refractivity contribution in [1.82, 2.24) is 33.7 Å². The number of rotatable bonds is 6. The summed E-state index contributed by atoms with van der Waals surface area (Å²) >= 11 is 0. The Morgan fingerprint density at radius 1 is 0.867 bits per heavy atom. The molecule has 7 rings (SSSR count). The van der Waals surface area contributed by atoms with E-state index in [4.69, 9.17) is 5.10 Å². The van der Waals surface area contributed by atoms with Crippen LogP contribution in [0.3, 0.4) is 0 Å². The zero-order valence-electron chi connectivity index (χ0n) is 23.1. The van der Waals surface area contributed by atoms with Gasteiger partial charge in [0.2, 0.25) is 10.0 Å². The Kier molecular flexibility index (Phi) is 6.90. The lowest BCUT2D eigenvalue weighted by Crippen LogP contribution is -2.38. The third-order valence-electron chi connectivity index (χ3n) is 7.35. The molecule has 2 aromatic carbocycles. The second-order valence-electron chi connectivity index (χ2n) is 10.1. The molecule has 0 atom stereocenters. The fraction of sp³-hybridized carbons (Fsp3) is 0.100. The van der Waals surface area contributed by atoms with Crippen molar-refractivity contribution in [3.63, 3.8) is 0 Å². The second kappa shape index (κ2) is 10.9. The average molecular weight is 631 g/mol.